The monoisotopic (exact) mass is 491 g/mol. The van der Waals surface area contributed by atoms with E-state index in [1.54, 1.807) is 6.07 Å². The number of nitrogens with one attached hydrogen (secondary N) is 1. The smallest absolute Gasteiger partial charge is 0.316 e. The zero-order chi connectivity index (χ0) is 26.0. The minimum Gasteiger partial charge on any atom is -0.351 e. The van der Waals surface area contributed by atoms with Crippen LogP contribution in [0.15, 0.2) is 36.4 Å². The second kappa shape index (κ2) is 10.8. The highest BCUT2D eigenvalue weighted by molar-refractivity contribution is 5.88. The Morgan fingerprint density at radius 2 is 1.83 bits per heavy atom. The summed E-state index contributed by atoms with van der Waals surface area (Å²) in [4.78, 5) is 13.8. The van der Waals surface area contributed by atoms with Crippen LogP contribution in [0.4, 0.5) is 14.9 Å². The molecule has 1 aliphatic rings. The number of halogens is 1. The number of aryl methyl sites for hydroxylation is 2. The van der Waals surface area contributed by atoms with Crippen molar-refractivity contribution in [2.24, 2.45) is 11.7 Å². The van der Waals surface area contributed by atoms with Gasteiger partial charge in [-0.2, -0.15) is 5.10 Å². The fourth-order valence-corrected chi connectivity index (χ4v) is 5.44. The van der Waals surface area contributed by atoms with Crippen molar-refractivity contribution in [1.29, 1.82) is 0 Å². The molecule has 2 heterocycles. The number of carbonyl (C=O) groups is 1. The molecular formula is C29H38FN5O. The molecule has 3 N–H and O–H groups in total. The number of benzene rings is 2. The zero-order valence-corrected chi connectivity index (χ0v) is 22.1. The van der Waals surface area contributed by atoms with Crippen LogP contribution in [0.2, 0.25) is 0 Å². The van der Waals surface area contributed by atoms with Gasteiger partial charge >= 0.3 is 6.03 Å². The number of nitrogens with zero attached hydrogens (tertiary/aromatic N) is 3. The summed E-state index contributed by atoms with van der Waals surface area (Å²) in [5.74, 6) is 0.0969. The number of hydrogen-bond donors (Lipinski definition) is 2. The van der Waals surface area contributed by atoms with E-state index in [0.717, 1.165) is 67.0 Å². The molecule has 0 fully saturated rings. The number of hydrogen-bond acceptors (Lipinski definition) is 3. The highest BCUT2D eigenvalue weighted by Gasteiger charge is 2.30. The first kappa shape index (κ1) is 25.9. The van der Waals surface area contributed by atoms with Crippen molar-refractivity contribution in [2.45, 2.75) is 72.9 Å². The number of aromatic nitrogens is 2. The van der Waals surface area contributed by atoms with E-state index in [2.05, 4.69) is 67.7 Å². The van der Waals surface area contributed by atoms with Crippen molar-refractivity contribution < 1.29 is 9.18 Å². The molecule has 1 aliphatic heterocycles. The molecule has 3 aromatic rings. The largest absolute Gasteiger partial charge is 0.351 e. The molecule has 2 amide bonds. The first-order chi connectivity index (χ1) is 17.2. The third-order valence-electron chi connectivity index (χ3n) is 7.18. The molecule has 6 nitrogen and oxygen atoms in total. The summed E-state index contributed by atoms with van der Waals surface area (Å²) in [5, 5.41) is 7.51. The lowest BCUT2D eigenvalue weighted by Gasteiger charge is -2.33. The topological polar surface area (TPSA) is 76.2 Å². The van der Waals surface area contributed by atoms with E-state index in [1.165, 1.54) is 17.2 Å². The number of carbonyl (C=O) groups excluding carboxylic acids is 1. The van der Waals surface area contributed by atoms with Crippen LogP contribution >= 0.6 is 0 Å². The Morgan fingerprint density at radius 1 is 1.14 bits per heavy atom. The Balaban J connectivity index is 1.90. The van der Waals surface area contributed by atoms with Crippen LogP contribution in [0.25, 0.3) is 16.9 Å². The molecule has 0 radical (unpaired) electrons. The first-order valence-corrected chi connectivity index (χ1v) is 13.1. The summed E-state index contributed by atoms with van der Waals surface area (Å²) in [7, 11) is 0. The molecule has 1 aromatic heterocycles. The number of primary amides is 1. The van der Waals surface area contributed by atoms with Gasteiger partial charge in [-0.3, -0.25) is 4.90 Å². The molecule has 0 bridgehead atoms. The zero-order valence-electron chi connectivity index (χ0n) is 22.1. The molecule has 1 unspecified atom stereocenters. The average Bonchev–Trinajstić information content (AvgIpc) is 3.22. The van der Waals surface area contributed by atoms with E-state index in [9.17, 15) is 4.79 Å². The van der Waals surface area contributed by atoms with Gasteiger partial charge in [0.1, 0.15) is 5.82 Å². The van der Waals surface area contributed by atoms with Crippen LogP contribution in [0.1, 0.15) is 63.4 Å². The lowest BCUT2D eigenvalue weighted by Crippen LogP contribution is -2.38. The van der Waals surface area contributed by atoms with Gasteiger partial charge in [-0.15, -0.1) is 0 Å². The summed E-state index contributed by atoms with van der Waals surface area (Å²) in [6.07, 6.45) is 3.73. The maximum Gasteiger partial charge on any atom is 0.316 e. The summed E-state index contributed by atoms with van der Waals surface area (Å²) >= 11 is 0. The molecule has 7 heteroatoms. The van der Waals surface area contributed by atoms with Gasteiger partial charge < -0.3 is 11.1 Å². The van der Waals surface area contributed by atoms with Gasteiger partial charge in [0.15, 0.2) is 0 Å². The number of rotatable bonds is 8. The van der Waals surface area contributed by atoms with Gasteiger partial charge in [-0.1, -0.05) is 52.0 Å². The third-order valence-corrected chi connectivity index (χ3v) is 7.18. The Kier molecular flexibility index (Phi) is 7.79. The van der Waals surface area contributed by atoms with E-state index in [-0.39, 0.29) is 5.69 Å². The predicted molar refractivity (Wildman–Crippen MR) is 144 cm³/mol. The van der Waals surface area contributed by atoms with Crippen LogP contribution in [0.5, 0.6) is 0 Å². The molecule has 0 saturated heterocycles. The summed E-state index contributed by atoms with van der Waals surface area (Å²) in [6, 6.07) is 11.0. The van der Waals surface area contributed by atoms with Crippen molar-refractivity contribution in [3.05, 3.63) is 64.6 Å². The molecule has 0 aliphatic carbocycles. The lowest BCUT2D eigenvalue weighted by atomic mass is 9.96. The van der Waals surface area contributed by atoms with Crippen molar-refractivity contribution in [1.82, 2.24) is 14.7 Å². The number of amides is 2. The van der Waals surface area contributed by atoms with Crippen LogP contribution in [0.3, 0.4) is 0 Å². The van der Waals surface area contributed by atoms with E-state index < -0.39 is 11.8 Å². The maximum atomic E-state index is 15.1. The summed E-state index contributed by atoms with van der Waals surface area (Å²) < 4.78 is 17.1. The average molecular weight is 492 g/mol. The fraction of sp³-hybridized carbons (Fsp3) is 0.448. The minimum absolute atomic E-state index is 0.0709. The van der Waals surface area contributed by atoms with E-state index in [4.69, 9.17) is 10.8 Å². The summed E-state index contributed by atoms with van der Waals surface area (Å²) in [6.45, 7) is 12.9. The van der Waals surface area contributed by atoms with E-state index in [1.807, 2.05) is 6.07 Å². The van der Waals surface area contributed by atoms with Gasteiger partial charge in [-0.05, 0) is 55.4 Å². The molecule has 36 heavy (non-hydrogen) atoms. The quantitative estimate of drug-likeness (QED) is 0.401. The minimum atomic E-state index is -0.789. The number of nitrogens with two attached hydrogens (primary N) is 1. The van der Waals surface area contributed by atoms with Gasteiger partial charge in [0.05, 0.1) is 22.8 Å². The number of urea groups is 1. The summed E-state index contributed by atoms with van der Waals surface area (Å²) in [5.41, 5.74) is 12.7. The molecule has 4 rings (SSSR count). The second-order valence-electron chi connectivity index (χ2n) is 10.2. The molecule has 0 saturated carbocycles. The molecular weight excluding hydrogens is 453 g/mol. The van der Waals surface area contributed by atoms with Crippen molar-refractivity contribution in [3.8, 4) is 16.9 Å². The number of para-hydroxylation sites is 1. The van der Waals surface area contributed by atoms with Crippen LogP contribution in [0, 0.1) is 11.7 Å². The third kappa shape index (κ3) is 5.16. The molecule has 192 valence electrons. The predicted octanol–water partition coefficient (Wildman–Crippen LogP) is 6.09. The highest BCUT2D eigenvalue weighted by atomic mass is 19.1. The Morgan fingerprint density at radius 3 is 2.42 bits per heavy atom. The van der Waals surface area contributed by atoms with Crippen LogP contribution in [-0.2, 0) is 25.8 Å². The maximum absolute atomic E-state index is 15.1. The van der Waals surface area contributed by atoms with E-state index in [0.29, 0.717) is 12.0 Å². The number of anilines is 1. The highest BCUT2D eigenvalue weighted by Crippen LogP contribution is 2.37. The van der Waals surface area contributed by atoms with E-state index >= 15 is 4.39 Å². The fourth-order valence-electron chi connectivity index (χ4n) is 5.44. The SMILES string of the molecule is CCc1cccc(CC)c1-n1nc2c(c1-c1ccc(NC(N)=O)c(F)c1)CN(C(C)CC(C)C)CC2. The Hall–Kier alpha value is -3.19. The van der Waals surface area contributed by atoms with Gasteiger partial charge in [0.25, 0.3) is 0 Å². The normalized spacial score (nSPS) is 14.6. The van der Waals surface area contributed by atoms with Crippen LogP contribution < -0.4 is 11.1 Å². The Labute approximate surface area is 213 Å². The number of fused-ring (bicyclic) bond motifs is 1. The first-order valence-electron chi connectivity index (χ1n) is 13.1. The molecule has 1 atom stereocenters. The standard InChI is InChI=1S/C29H38FN5O/c1-6-20-9-8-10-21(7-2)27(20)35-28(22-11-12-26(24(30)16-22)32-29(31)36)23-17-34(14-13-25(23)33-35)19(5)15-18(3)4/h8-12,16,18-19H,6-7,13-15,17H2,1-5H3,(H3,31,32,36). The van der Waals surface area contributed by atoms with Gasteiger partial charge in [-0.25, -0.2) is 13.9 Å². The van der Waals surface area contributed by atoms with Crippen molar-refractivity contribution >= 4 is 11.7 Å². The molecule has 0 spiro atoms. The van der Waals surface area contributed by atoms with Crippen molar-refractivity contribution in [2.75, 3.05) is 11.9 Å². The van der Waals surface area contributed by atoms with Crippen molar-refractivity contribution in [3.63, 3.8) is 0 Å². The van der Waals surface area contributed by atoms with Gasteiger partial charge in [0.2, 0.25) is 0 Å². The second-order valence-corrected chi connectivity index (χ2v) is 10.2. The van der Waals surface area contributed by atoms with Crippen LogP contribution in [-0.4, -0.2) is 33.3 Å². The Bertz CT molecular complexity index is 1230. The van der Waals surface area contributed by atoms with Gasteiger partial charge in [0, 0.05) is 36.7 Å². The molecule has 2 aromatic carbocycles. The lowest BCUT2D eigenvalue weighted by molar-refractivity contribution is 0.170.